The normalized spacial score (nSPS) is 20.8. The Morgan fingerprint density at radius 2 is 2.29 bits per heavy atom. The fourth-order valence-corrected chi connectivity index (χ4v) is 2.37. The lowest BCUT2D eigenvalue weighted by molar-refractivity contribution is -0.384. The van der Waals surface area contributed by atoms with Crippen LogP contribution in [0.25, 0.3) is 0 Å². The number of ether oxygens (including phenoxy) is 1. The number of rotatable bonds is 4. The number of carbonyl (C=O) groups is 1. The van der Waals surface area contributed by atoms with Crippen molar-refractivity contribution in [2.24, 2.45) is 5.92 Å². The van der Waals surface area contributed by atoms with Crippen molar-refractivity contribution in [3.05, 3.63) is 33.9 Å². The number of hydrogen-bond donors (Lipinski definition) is 1. The molecule has 0 bridgehead atoms. The number of carboxylic acid groups (broad SMARTS) is 1. The third-order valence-electron chi connectivity index (χ3n) is 3.56. The Morgan fingerprint density at radius 1 is 1.57 bits per heavy atom. The Balaban J connectivity index is 2.35. The number of carboxylic acids is 1. The van der Waals surface area contributed by atoms with Crippen LogP contribution in [0.3, 0.4) is 0 Å². The number of nitriles is 1. The van der Waals surface area contributed by atoms with Crippen LogP contribution in [0.4, 0.5) is 11.4 Å². The third-order valence-corrected chi connectivity index (χ3v) is 3.56. The Labute approximate surface area is 120 Å². The minimum atomic E-state index is -0.968. The van der Waals surface area contributed by atoms with Crippen LogP contribution < -0.4 is 4.90 Å². The number of nitro groups is 1. The molecule has 8 nitrogen and oxygen atoms in total. The number of anilines is 1. The molecule has 0 aromatic heterocycles. The maximum atomic E-state index is 11.2. The SMILES string of the molecule is CN(c1ccc([N+](=O)[O-])cc1C#N)C1COCC1C(=O)O. The smallest absolute Gasteiger partial charge is 0.311 e. The average Bonchev–Trinajstić information content (AvgIpc) is 2.95. The molecule has 1 aliphatic rings. The molecule has 0 spiro atoms. The van der Waals surface area contributed by atoms with E-state index in [4.69, 9.17) is 15.1 Å². The van der Waals surface area contributed by atoms with Crippen LogP contribution in [0.2, 0.25) is 0 Å². The largest absolute Gasteiger partial charge is 0.481 e. The van der Waals surface area contributed by atoms with Crippen LogP contribution in [0.5, 0.6) is 0 Å². The number of aliphatic carboxylic acids is 1. The second-order valence-electron chi connectivity index (χ2n) is 4.73. The molecule has 110 valence electrons. The number of non-ortho nitro benzene ring substituents is 1. The van der Waals surface area contributed by atoms with Crippen molar-refractivity contribution < 1.29 is 19.6 Å². The zero-order chi connectivity index (χ0) is 15.6. The average molecular weight is 291 g/mol. The van der Waals surface area contributed by atoms with Gasteiger partial charge in [0.1, 0.15) is 12.0 Å². The van der Waals surface area contributed by atoms with E-state index in [1.807, 2.05) is 6.07 Å². The van der Waals surface area contributed by atoms with Gasteiger partial charge < -0.3 is 14.7 Å². The molecule has 0 radical (unpaired) electrons. The Kier molecular flexibility index (Phi) is 4.05. The number of nitro benzene ring substituents is 1. The molecule has 0 saturated carbocycles. The van der Waals surface area contributed by atoms with Crippen molar-refractivity contribution in [1.82, 2.24) is 0 Å². The molecule has 1 saturated heterocycles. The summed E-state index contributed by atoms with van der Waals surface area (Å²) in [5.74, 6) is -1.67. The lowest BCUT2D eigenvalue weighted by Gasteiger charge is -2.28. The summed E-state index contributed by atoms with van der Waals surface area (Å²) in [6.45, 7) is 0.342. The first-order valence-electron chi connectivity index (χ1n) is 6.17. The molecular formula is C13H13N3O5. The van der Waals surface area contributed by atoms with Gasteiger partial charge >= 0.3 is 5.97 Å². The van der Waals surface area contributed by atoms with Crippen molar-refractivity contribution in [1.29, 1.82) is 5.26 Å². The molecule has 1 fully saturated rings. The standard InChI is InChI=1S/C13H13N3O5/c1-15(12-7-21-6-10(12)13(17)18)11-3-2-9(16(19)20)4-8(11)5-14/h2-4,10,12H,6-7H2,1H3,(H,17,18). The molecule has 1 aromatic rings. The summed E-state index contributed by atoms with van der Waals surface area (Å²) in [6, 6.07) is 5.40. The summed E-state index contributed by atoms with van der Waals surface area (Å²) in [5.41, 5.74) is 0.397. The van der Waals surface area contributed by atoms with Crippen molar-refractivity contribution in [3.63, 3.8) is 0 Å². The maximum Gasteiger partial charge on any atom is 0.311 e. The predicted molar refractivity (Wildman–Crippen MR) is 71.9 cm³/mol. The van der Waals surface area contributed by atoms with Crippen LogP contribution in [0.1, 0.15) is 5.56 Å². The molecule has 1 aliphatic heterocycles. The van der Waals surface area contributed by atoms with Crippen LogP contribution in [-0.2, 0) is 9.53 Å². The lowest BCUT2D eigenvalue weighted by Crippen LogP contribution is -2.41. The molecule has 2 unspecified atom stereocenters. The fourth-order valence-electron chi connectivity index (χ4n) is 2.37. The van der Waals surface area contributed by atoms with Gasteiger partial charge in [0.15, 0.2) is 0 Å². The number of likely N-dealkylation sites (N-methyl/N-ethyl adjacent to an activating group) is 1. The molecule has 2 atom stereocenters. The van der Waals surface area contributed by atoms with Gasteiger partial charge in [-0.2, -0.15) is 5.26 Å². The van der Waals surface area contributed by atoms with Crippen molar-refractivity contribution in [2.75, 3.05) is 25.2 Å². The number of benzene rings is 1. The highest BCUT2D eigenvalue weighted by molar-refractivity contribution is 5.73. The second-order valence-corrected chi connectivity index (χ2v) is 4.73. The van der Waals surface area contributed by atoms with Crippen LogP contribution in [0.15, 0.2) is 18.2 Å². The molecule has 1 aromatic carbocycles. The molecule has 1 heterocycles. The van der Waals surface area contributed by atoms with Gasteiger partial charge in [0, 0.05) is 19.2 Å². The van der Waals surface area contributed by atoms with E-state index in [1.165, 1.54) is 18.2 Å². The van der Waals surface area contributed by atoms with Gasteiger partial charge in [-0.1, -0.05) is 0 Å². The molecule has 0 amide bonds. The van der Waals surface area contributed by atoms with E-state index in [9.17, 15) is 14.9 Å². The minimum absolute atomic E-state index is 0.110. The first-order chi connectivity index (χ1) is 9.95. The molecule has 0 aliphatic carbocycles. The van der Waals surface area contributed by atoms with Gasteiger partial charge in [-0.25, -0.2) is 0 Å². The topological polar surface area (TPSA) is 117 Å². The van der Waals surface area contributed by atoms with Gasteiger partial charge in [0.25, 0.3) is 5.69 Å². The molecule has 21 heavy (non-hydrogen) atoms. The highest BCUT2D eigenvalue weighted by Crippen LogP contribution is 2.29. The molecule has 8 heteroatoms. The van der Waals surface area contributed by atoms with Gasteiger partial charge in [0.05, 0.1) is 35.4 Å². The van der Waals surface area contributed by atoms with Crippen LogP contribution in [-0.4, -0.2) is 42.3 Å². The predicted octanol–water partition coefficient (Wildman–Crippen LogP) is 1.00. The fraction of sp³-hybridized carbons (Fsp3) is 0.385. The first kappa shape index (κ1) is 14.7. The Hall–Kier alpha value is -2.66. The minimum Gasteiger partial charge on any atom is -0.481 e. The van der Waals surface area contributed by atoms with Gasteiger partial charge in [-0.05, 0) is 6.07 Å². The molecule has 2 rings (SSSR count). The van der Waals surface area contributed by atoms with Gasteiger partial charge in [0.2, 0.25) is 0 Å². The van der Waals surface area contributed by atoms with E-state index in [0.29, 0.717) is 5.69 Å². The zero-order valence-electron chi connectivity index (χ0n) is 11.2. The molecular weight excluding hydrogens is 278 g/mol. The van der Waals surface area contributed by atoms with E-state index in [-0.39, 0.29) is 24.5 Å². The van der Waals surface area contributed by atoms with E-state index in [2.05, 4.69) is 0 Å². The summed E-state index contributed by atoms with van der Waals surface area (Å²) in [6.07, 6.45) is 0. The maximum absolute atomic E-state index is 11.2. The highest BCUT2D eigenvalue weighted by atomic mass is 16.6. The number of hydrogen-bond acceptors (Lipinski definition) is 6. The third kappa shape index (κ3) is 2.78. The van der Waals surface area contributed by atoms with Crippen molar-refractivity contribution in [2.45, 2.75) is 6.04 Å². The summed E-state index contributed by atoms with van der Waals surface area (Å²) in [5, 5.41) is 29.0. The Morgan fingerprint density at radius 3 is 2.86 bits per heavy atom. The van der Waals surface area contributed by atoms with Crippen LogP contribution >= 0.6 is 0 Å². The summed E-state index contributed by atoms with van der Waals surface area (Å²) >= 11 is 0. The zero-order valence-corrected chi connectivity index (χ0v) is 11.2. The van der Waals surface area contributed by atoms with Crippen LogP contribution in [0, 0.1) is 27.4 Å². The van der Waals surface area contributed by atoms with E-state index >= 15 is 0 Å². The Bertz CT molecular complexity index is 625. The second kappa shape index (κ2) is 5.76. The monoisotopic (exact) mass is 291 g/mol. The van der Waals surface area contributed by atoms with E-state index < -0.39 is 22.9 Å². The van der Waals surface area contributed by atoms with E-state index in [0.717, 1.165) is 0 Å². The van der Waals surface area contributed by atoms with E-state index in [1.54, 1.807) is 11.9 Å². The summed E-state index contributed by atoms with van der Waals surface area (Å²) in [4.78, 5) is 23.0. The quantitative estimate of drug-likeness (QED) is 0.649. The highest BCUT2D eigenvalue weighted by Gasteiger charge is 2.37. The van der Waals surface area contributed by atoms with Crippen molar-refractivity contribution in [3.8, 4) is 6.07 Å². The first-order valence-corrected chi connectivity index (χ1v) is 6.17. The number of nitrogens with zero attached hydrogens (tertiary/aromatic N) is 3. The summed E-state index contributed by atoms with van der Waals surface area (Å²) < 4.78 is 5.20. The lowest BCUT2D eigenvalue weighted by atomic mass is 10.0. The molecule has 1 N–H and O–H groups in total. The van der Waals surface area contributed by atoms with Crippen molar-refractivity contribution >= 4 is 17.3 Å². The summed E-state index contributed by atoms with van der Waals surface area (Å²) in [7, 11) is 1.65. The van der Waals surface area contributed by atoms with Gasteiger partial charge in [-0.15, -0.1) is 0 Å². The van der Waals surface area contributed by atoms with Gasteiger partial charge in [-0.3, -0.25) is 14.9 Å².